The van der Waals surface area contributed by atoms with E-state index in [-0.39, 0.29) is 28.4 Å². The quantitative estimate of drug-likeness (QED) is 0.147. The number of fused-ring (bicyclic) bond motifs is 1. The average Bonchev–Trinajstić information content (AvgIpc) is 2.98. The molecule has 2 aliphatic rings. The molecule has 0 amide bonds. The van der Waals surface area contributed by atoms with Crippen LogP contribution >= 0.6 is 0 Å². The lowest BCUT2D eigenvalue weighted by Gasteiger charge is -2.42. The lowest BCUT2D eigenvalue weighted by atomic mass is 9.98. The van der Waals surface area contributed by atoms with Crippen LogP contribution in [0.3, 0.4) is 0 Å². The van der Waals surface area contributed by atoms with Crippen molar-refractivity contribution < 1.29 is 74.1 Å². The zero-order chi connectivity index (χ0) is 32.0. The maximum atomic E-state index is 13.7. The zero-order valence-electron chi connectivity index (χ0n) is 23.3. The van der Waals surface area contributed by atoms with Gasteiger partial charge in [0.2, 0.25) is 17.5 Å². The summed E-state index contributed by atoms with van der Waals surface area (Å²) in [5.74, 6) is -2.33. The van der Waals surface area contributed by atoms with Crippen LogP contribution in [-0.2, 0) is 14.2 Å². The molecule has 2 aromatic carbocycles. The number of rotatable bonds is 7. The minimum atomic E-state index is -1.95. The molecule has 0 spiro atoms. The van der Waals surface area contributed by atoms with Crippen molar-refractivity contribution in [2.24, 2.45) is 0 Å². The fourth-order valence-electron chi connectivity index (χ4n) is 5.01. The highest BCUT2D eigenvalue weighted by Gasteiger charge is 2.47. The number of aliphatic hydroxyl groups is 6. The number of hydrogen-bond donors (Lipinski definition) is 9. The largest absolute Gasteiger partial charge is 0.508 e. The Labute approximate surface area is 248 Å². The van der Waals surface area contributed by atoms with E-state index in [0.717, 1.165) is 12.1 Å². The number of aromatic hydroxyl groups is 3. The highest BCUT2D eigenvalue weighted by atomic mass is 16.7. The minimum absolute atomic E-state index is 0.0594. The molecule has 0 radical (unpaired) electrons. The van der Waals surface area contributed by atoms with Gasteiger partial charge in [0.15, 0.2) is 23.5 Å². The first-order chi connectivity index (χ1) is 20.8. The van der Waals surface area contributed by atoms with Crippen LogP contribution in [0.4, 0.5) is 0 Å². The van der Waals surface area contributed by atoms with Crippen LogP contribution in [-0.4, -0.2) is 121 Å². The van der Waals surface area contributed by atoms with Crippen LogP contribution in [0.25, 0.3) is 22.3 Å². The van der Waals surface area contributed by atoms with Gasteiger partial charge in [0.05, 0.1) is 19.8 Å². The van der Waals surface area contributed by atoms with Crippen molar-refractivity contribution in [1.82, 2.24) is 0 Å². The summed E-state index contributed by atoms with van der Waals surface area (Å²) < 4.78 is 33.1. The Morgan fingerprint density at radius 2 is 1.48 bits per heavy atom. The Hall–Kier alpha value is -3.71. The van der Waals surface area contributed by atoms with Crippen molar-refractivity contribution in [3.63, 3.8) is 0 Å². The standard InChI is InChI=1S/C28H32O16/c1-9-18(32)21(35)23(37)27(41-9)40-8-16-19(33)22(36)24(38)28(43-16)44-26-20(34)17-13(31)6-11(29)7-15(17)42-25(26)10-3-4-14(39-2)12(30)5-10/h3-7,9,16,18-19,21-24,27-33,35-38H,8H2,1-2H3/t9-,16-,18+,19-,21-,22+,23-,24-,27-,28+/m0/s1. The molecule has 10 atom stereocenters. The molecule has 2 saturated heterocycles. The van der Waals surface area contributed by atoms with Crippen LogP contribution in [0.2, 0.25) is 0 Å². The Balaban J connectivity index is 1.48. The number of aliphatic hydroxyl groups excluding tert-OH is 6. The van der Waals surface area contributed by atoms with Crippen LogP contribution in [0.5, 0.6) is 28.7 Å². The molecule has 16 nitrogen and oxygen atoms in total. The van der Waals surface area contributed by atoms with Crippen molar-refractivity contribution in [2.75, 3.05) is 13.7 Å². The van der Waals surface area contributed by atoms with E-state index in [0.29, 0.717) is 0 Å². The normalized spacial score (nSPS) is 32.5. The molecule has 240 valence electrons. The van der Waals surface area contributed by atoms with Gasteiger partial charge in [0, 0.05) is 17.7 Å². The Morgan fingerprint density at radius 3 is 2.16 bits per heavy atom. The molecule has 0 aliphatic carbocycles. The highest BCUT2D eigenvalue weighted by Crippen LogP contribution is 2.39. The van der Waals surface area contributed by atoms with Crippen molar-refractivity contribution in [3.8, 4) is 40.1 Å². The van der Waals surface area contributed by atoms with Gasteiger partial charge in [-0.25, -0.2) is 0 Å². The molecule has 0 unspecified atom stereocenters. The van der Waals surface area contributed by atoms with E-state index in [1.807, 2.05) is 0 Å². The molecule has 2 fully saturated rings. The molecule has 16 heteroatoms. The summed E-state index contributed by atoms with van der Waals surface area (Å²) in [7, 11) is 1.32. The summed E-state index contributed by atoms with van der Waals surface area (Å²) >= 11 is 0. The Morgan fingerprint density at radius 1 is 0.795 bits per heavy atom. The maximum absolute atomic E-state index is 13.7. The zero-order valence-corrected chi connectivity index (χ0v) is 23.3. The van der Waals surface area contributed by atoms with Gasteiger partial charge in [0.1, 0.15) is 65.2 Å². The molecular weight excluding hydrogens is 592 g/mol. The van der Waals surface area contributed by atoms with E-state index in [1.165, 1.54) is 32.2 Å². The molecular formula is C28H32O16. The molecule has 1 aromatic heterocycles. The van der Waals surface area contributed by atoms with Crippen molar-refractivity contribution in [2.45, 2.75) is 68.3 Å². The number of methoxy groups -OCH3 is 1. The number of phenolic OH excluding ortho intramolecular Hbond substituents is 3. The SMILES string of the molecule is COc1ccc(-c2oc3cc(O)cc(O)c3c(=O)c2O[C@H]2O[C@@H](CO[C@H]3O[C@@H](C)[C@@H](O)[C@H](O)[C@@H]3O)[C@H](O)[C@@H](O)[C@@H]2O)cc1O. The van der Waals surface area contributed by atoms with Gasteiger partial charge in [-0.15, -0.1) is 0 Å². The summed E-state index contributed by atoms with van der Waals surface area (Å²) in [6.45, 7) is 0.841. The monoisotopic (exact) mass is 624 g/mol. The van der Waals surface area contributed by atoms with E-state index < -0.39 is 96.1 Å². The second-order valence-electron chi connectivity index (χ2n) is 10.5. The van der Waals surface area contributed by atoms with Gasteiger partial charge >= 0.3 is 0 Å². The number of benzene rings is 2. The average molecular weight is 625 g/mol. The molecule has 2 aliphatic heterocycles. The first-order valence-electron chi connectivity index (χ1n) is 13.4. The van der Waals surface area contributed by atoms with E-state index in [2.05, 4.69) is 0 Å². The molecule has 44 heavy (non-hydrogen) atoms. The van der Waals surface area contributed by atoms with Crippen molar-refractivity contribution in [3.05, 3.63) is 40.6 Å². The number of hydrogen-bond acceptors (Lipinski definition) is 16. The summed E-state index contributed by atoms with van der Waals surface area (Å²) in [6.07, 6.45) is -16.0. The van der Waals surface area contributed by atoms with E-state index in [9.17, 15) is 50.8 Å². The van der Waals surface area contributed by atoms with Crippen LogP contribution in [0.1, 0.15) is 6.92 Å². The predicted molar refractivity (Wildman–Crippen MR) is 145 cm³/mol. The van der Waals surface area contributed by atoms with E-state index >= 15 is 0 Å². The Bertz CT molecular complexity index is 1560. The first kappa shape index (κ1) is 31.7. The summed E-state index contributed by atoms with van der Waals surface area (Å²) in [4.78, 5) is 13.7. The smallest absolute Gasteiger partial charge is 0.239 e. The van der Waals surface area contributed by atoms with E-state index in [4.69, 9.17) is 28.1 Å². The molecule has 5 rings (SSSR count). The molecule has 3 heterocycles. The third-order valence-electron chi connectivity index (χ3n) is 7.49. The van der Waals surface area contributed by atoms with Crippen LogP contribution in [0.15, 0.2) is 39.5 Å². The van der Waals surface area contributed by atoms with Gasteiger partial charge < -0.3 is 74.1 Å². The highest BCUT2D eigenvalue weighted by molar-refractivity contribution is 5.88. The lowest BCUT2D eigenvalue weighted by Crippen LogP contribution is -2.61. The summed E-state index contributed by atoms with van der Waals surface area (Å²) in [5.41, 5.74) is -1.19. The number of phenols is 3. The van der Waals surface area contributed by atoms with Gasteiger partial charge in [-0.2, -0.15) is 0 Å². The lowest BCUT2D eigenvalue weighted by molar-refractivity contribution is -0.318. The third kappa shape index (κ3) is 5.74. The maximum Gasteiger partial charge on any atom is 0.239 e. The first-order valence-corrected chi connectivity index (χ1v) is 13.4. The number of ether oxygens (including phenoxy) is 5. The molecule has 0 bridgehead atoms. The summed E-state index contributed by atoms with van der Waals surface area (Å²) in [6, 6.07) is 5.88. The van der Waals surface area contributed by atoms with Gasteiger partial charge in [0.25, 0.3) is 0 Å². The molecule has 9 N–H and O–H groups in total. The fourth-order valence-corrected chi connectivity index (χ4v) is 5.01. The Kier molecular flexibility index (Phi) is 8.90. The van der Waals surface area contributed by atoms with Crippen molar-refractivity contribution in [1.29, 1.82) is 0 Å². The van der Waals surface area contributed by atoms with Gasteiger partial charge in [-0.3, -0.25) is 4.79 Å². The minimum Gasteiger partial charge on any atom is -0.508 e. The van der Waals surface area contributed by atoms with E-state index in [1.54, 1.807) is 0 Å². The van der Waals surface area contributed by atoms with Crippen LogP contribution < -0.4 is 14.9 Å². The molecule has 3 aromatic rings. The van der Waals surface area contributed by atoms with Gasteiger partial charge in [-0.1, -0.05) is 0 Å². The second kappa shape index (κ2) is 12.4. The van der Waals surface area contributed by atoms with Crippen molar-refractivity contribution >= 4 is 11.0 Å². The molecule has 0 saturated carbocycles. The van der Waals surface area contributed by atoms with Gasteiger partial charge in [-0.05, 0) is 25.1 Å². The summed E-state index contributed by atoms with van der Waals surface area (Å²) in [5, 5.41) is 92.3. The fraction of sp³-hybridized carbons (Fsp3) is 0.464. The van der Waals surface area contributed by atoms with Crippen LogP contribution in [0, 0.1) is 0 Å². The third-order valence-corrected chi connectivity index (χ3v) is 7.49. The second-order valence-corrected chi connectivity index (χ2v) is 10.5. The predicted octanol–water partition coefficient (Wildman–Crippen LogP) is -1.38. The topological polar surface area (TPSA) is 258 Å².